The number of anilines is 1. The van der Waals surface area contributed by atoms with Crippen molar-refractivity contribution >= 4 is 16.5 Å². The van der Waals surface area contributed by atoms with Gasteiger partial charge in [0.15, 0.2) is 0 Å². The van der Waals surface area contributed by atoms with Crippen LogP contribution in [0.5, 0.6) is 0 Å². The minimum absolute atomic E-state index is 0.752. The topological polar surface area (TPSA) is 50.3 Å². The summed E-state index contributed by atoms with van der Waals surface area (Å²) >= 11 is 1.42. The molecule has 0 atom stereocenters. The Balaban J connectivity index is 2.51. The number of hydrogen-bond donors (Lipinski definition) is 1. The lowest BCUT2D eigenvalue weighted by Crippen LogP contribution is -2.27. The molecular formula is C10H20N4OS. The number of ether oxygens (including phenoxy) is 1. The van der Waals surface area contributed by atoms with Crippen LogP contribution < -0.4 is 5.32 Å². The van der Waals surface area contributed by atoms with Gasteiger partial charge < -0.3 is 10.1 Å². The van der Waals surface area contributed by atoms with Crippen molar-refractivity contribution in [2.45, 2.75) is 20.4 Å². The second-order valence-electron chi connectivity index (χ2n) is 3.44. The molecule has 1 heterocycles. The third kappa shape index (κ3) is 4.03. The summed E-state index contributed by atoms with van der Waals surface area (Å²) in [6.45, 7) is 8.62. The van der Waals surface area contributed by atoms with Gasteiger partial charge >= 0.3 is 0 Å². The first-order valence-electron chi connectivity index (χ1n) is 5.58. The van der Waals surface area contributed by atoms with E-state index in [2.05, 4.69) is 33.7 Å². The summed E-state index contributed by atoms with van der Waals surface area (Å²) in [5.74, 6) is 0. The van der Waals surface area contributed by atoms with E-state index in [-0.39, 0.29) is 0 Å². The van der Waals surface area contributed by atoms with Crippen molar-refractivity contribution in [3.05, 3.63) is 5.69 Å². The zero-order chi connectivity index (χ0) is 11.8. The van der Waals surface area contributed by atoms with Crippen LogP contribution in [0.4, 0.5) is 5.00 Å². The fourth-order valence-electron chi connectivity index (χ4n) is 1.39. The van der Waals surface area contributed by atoms with Gasteiger partial charge in [-0.05, 0) is 13.5 Å². The van der Waals surface area contributed by atoms with Crippen LogP contribution in [0.3, 0.4) is 0 Å². The van der Waals surface area contributed by atoms with Gasteiger partial charge in [-0.3, -0.25) is 4.90 Å². The van der Waals surface area contributed by atoms with Crippen molar-refractivity contribution in [3.8, 4) is 0 Å². The molecule has 0 fully saturated rings. The van der Waals surface area contributed by atoms with Crippen molar-refractivity contribution in [1.29, 1.82) is 0 Å². The first-order valence-corrected chi connectivity index (χ1v) is 6.35. The summed E-state index contributed by atoms with van der Waals surface area (Å²) in [5, 5.41) is 8.51. The van der Waals surface area contributed by atoms with E-state index in [1.807, 2.05) is 0 Å². The molecule has 92 valence electrons. The summed E-state index contributed by atoms with van der Waals surface area (Å²) < 4.78 is 9.06. The lowest BCUT2D eigenvalue weighted by Gasteiger charge is -2.18. The number of hydrogen-bond acceptors (Lipinski definition) is 6. The number of aromatic nitrogens is 2. The molecule has 0 amide bonds. The van der Waals surface area contributed by atoms with Gasteiger partial charge in [-0.15, -0.1) is 5.10 Å². The van der Waals surface area contributed by atoms with Gasteiger partial charge in [0.2, 0.25) is 0 Å². The van der Waals surface area contributed by atoms with Crippen molar-refractivity contribution in [2.75, 3.05) is 38.7 Å². The lowest BCUT2D eigenvalue weighted by atomic mass is 10.4. The molecule has 16 heavy (non-hydrogen) atoms. The maximum Gasteiger partial charge on any atom is 0.134 e. The van der Waals surface area contributed by atoms with Crippen molar-refractivity contribution < 1.29 is 4.74 Å². The Morgan fingerprint density at radius 2 is 2.25 bits per heavy atom. The molecule has 0 aliphatic heterocycles. The van der Waals surface area contributed by atoms with E-state index < -0.39 is 0 Å². The van der Waals surface area contributed by atoms with Crippen molar-refractivity contribution in [1.82, 2.24) is 14.5 Å². The minimum Gasteiger partial charge on any atom is -0.383 e. The molecule has 0 bridgehead atoms. The molecule has 1 aromatic heterocycles. The molecule has 5 nitrogen and oxygen atoms in total. The molecule has 0 aliphatic rings. The second-order valence-corrected chi connectivity index (χ2v) is 4.19. The number of rotatable bonds is 8. The number of nitrogens with one attached hydrogen (secondary N) is 1. The van der Waals surface area contributed by atoms with E-state index in [4.69, 9.17) is 4.74 Å². The summed E-state index contributed by atoms with van der Waals surface area (Å²) in [4.78, 5) is 2.29. The first-order chi connectivity index (χ1) is 7.81. The highest BCUT2D eigenvalue weighted by molar-refractivity contribution is 7.10. The molecule has 1 rings (SSSR count). The predicted molar refractivity (Wildman–Crippen MR) is 66.9 cm³/mol. The van der Waals surface area contributed by atoms with E-state index in [1.165, 1.54) is 11.5 Å². The Labute approximate surface area is 101 Å². The standard InChI is InChI=1S/C10H20N4OS/c1-4-11-10-9(12-13-16-10)8-14(5-2)6-7-15-3/h11H,4-8H2,1-3H3. The largest absolute Gasteiger partial charge is 0.383 e. The first kappa shape index (κ1) is 13.3. The molecule has 1 aromatic rings. The van der Waals surface area contributed by atoms with Crippen LogP contribution in [-0.4, -0.2) is 47.8 Å². The van der Waals surface area contributed by atoms with Crippen LogP contribution in [0.2, 0.25) is 0 Å². The normalized spacial score (nSPS) is 11.0. The predicted octanol–water partition coefficient (Wildman–Crippen LogP) is 1.44. The van der Waals surface area contributed by atoms with Gasteiger partial charge in [0.05, 0.1) is 6.61 Å². The monoisotopic (exact) mass is 244 g/mol. The van der Waals surface area contributed by atoms with E-state index in [0.717, 1.165) is 43.5 Å². The number of methoxy groups -OCH3 is 1. The van der Waals surface area contributed by atoms with Gasteiger partial charge in [0.1, 0.15) is 10.7 Å². The summed E-state index contributed by atoms with van der Waals surface area (Å²) in [5.41, 5.74) is 1.03. The Bertz CT molecular complexity index is 292. The quantitative estimate of drug-likeness (QED) is 0.750. The van der Waals surface area contributed by atoms with E-state index in [1.54, 1.807) is 7.11 Å². The summed E-state index contributed by atoms with van der Waals surface area (Å²) in [6.07, 6.45) is 0. The number of nitrogens with zero attached hydrogens (tertiary/aromatic N) is 3. The SMILES string of the molecule is CCNc1snnc1CN(CC)CCOC. The molecular weight excluding hydrogens is 224 g/mol. The average Bonchev–Trinajstić information content (AvgIpc) is 2.72. The van der Waals surface area contributed by atoms with Crippen LogP contribution in [0.15, 0.2) is 0 Å². The fraction of sp³-hybridized carbons (Fsp3) is 0.800. The molecule has 0 aliphatic carbocycles. The maximum atomic E-state index is 5.08. The molecule has 0 aromatic carbocycles. The Hall–Kier alpha value is -0.720. The molecule has 0 spiro atoms. The summed E-state index contributed by atoms with van der Waals surface area (Å²) in [6, 6.07) is 0. The second kappa shape index (κ2) is 7.54. The molecule has 1 N–H and O–H groups in total. The van der Waals surface area contributed by atoms with Gasteiger partial charge in [0.25, 0.3) is 0 Å². The molecule has 0 saturated carbocycles. The molecule has 0 unspecified atom stereocenters. The third-order valence-corrected chi connectivity index (χ3v) is 3.05. The number of likely N-dealkylation sites (N-methyl/N-ethyl adjacent to an activating group) is 1. The van der Waals surface area contributed by atoms with Crippen LogP contribution in [0, 0.1) is 0 Å². The summed E-state index contributed by atoms with van der Waals surface area (Å²) in [7, 11) is 1.72. The van der Waals surface area contributed by atoms with Gasteiger partial charge in [-0.25, -0.2) is 0 Å². The van der Waals surface area contributed by atoms with Crippen LogP contribution in [0.1, 0.15) is 19.5 Å². The van der Waals surface area contributed by atoms with Crippen LogP contribution in [0.25, 0.3) is 0 Å². The zero-order valence-electron chi connectivity index (χ0n) is 10.2. The highest BCUT2D eigenvalue weighted by Gasteiger charge is 2.11. The van der Waals surface area contributed by atoms with Gasteiger partial charge in [-0.1, -0.05) is 11.4 Å². The highest BCUT2D eigenvalue weighted by atomic mass is 32.1. The van der Waals surface area contributed by atoms with E-state index >= 15 is 0 Å². The molecule has 0 radical (unpaired) electrons. The average molecular weight is 244 g/mol. The molecule has 0 saturated heterocycles. The molecule has 6 heteroatoms. The highest BCUT2D eigenvalue weighted by Crippen LogP contribution is 2.18. The van der Waals surface area contributed by atoms with Gasteiger partial charge in [0, 0.05) is 38.3 Å². The van der Waals surface area contributed by atoms with Crippen molar-refractivity contribution in [3.63, 3.8) is 0 Å². The Morgan fingerprint density at radius 1 is 1.44 bits per heavy atom. The lowest BCUT2D eigenvalue weighted by molar-refractivity contribution is 0.147. The van der Waals surface area contributed by atoms with Crippen LogP contribution >= 0.6 is 11.5 Å². The van der Waals surface area contributed by atoms with E-state index in [0.29, 0.717) is 0 Å². The van der Waals surface area contributed by atoms with Crippen molar-refractivity contribution in [2.24, 2.45) is 0 Å². The smallest absolute Gasteiger partial charge is 0.134 e. The van der Waals surface area contributed by atoms with Gasteiger partial charge in [-0.2, -0.15) is 0 Å². The Morgan fingerprint density at radius 3 is 2.88 bits per heavy atom. The maximum absolute atomic E-state index is 5.08. The third-order valence-electron chi connectivity index (χ3n) is 2.33. The minimum atomic E-state index is 0.752. The fourth-order valence-corrected chi connectivity index (χ4v) is 2.03. The van der Waals surface area contributed by atoms with Crippen LogP contribution in [-0.2, 0) is 11.3 Å². The van der Waals surface area contributed by atoms with E-state index in [9.17, 15) is 0 Å². The Kier molecular flexibility index (Phi) is 6.29. The zero-order valence-corrected chi connectivity index (χ0v) is 11.0.